The van der Waals surface area contributed by atoms with Crippen molar-refractivity contribution in [2.24, 2.45) is 17.6 Å². The van der Waals surface area contributed by atoms with Gasteiger partial charge in [-0.1, -0.05) is 13.8 Å². The Morgan fingerprint density at radius 3 is 2.44 bits per heavy atom. The summed E-state index contributed by atoms with van der Waals surface area (Å²) in [6, 6.07) is 0. The molecule has 1 heterocycles. The molecule has 3 heteroatoms. The zero-order valence-electron chi connectivity index (χ0n) is 10.7. The number of nitrogens with zero attached hydrogens (tertiary/aromatic N) is 1. The Balaban J connectivity index is 2.48. The van der Waals surface area contributed by atoms with Gasteiger partial charge < -0.3 is 10.6 Å². The third-order valence-electron chi connectivity index (χ3n) is 3.28. The standard InChI is InChI=1S/C13H26N2O/c1-11(2)10-12(6-5-7-14)13(16)15-8-3-4-9-15/h11-12H,3-10,14H2,1-2H3. The molecule has 0 aromatic rings. The van der Waals surface area contributed by atoms with E-state index in [1.54, 1.807) is 0 Å². The van der Waals surface area contributed by atoms with Gasteiger partial charge in [-0.15, -0.1) is 0 Å². The molecule has 1 unspecified atom stereocenters. The molecule has 1 atom stereocenters. The van der Waals surface area contributed by atoms with Crippen LogP contribution >= 0.6 is 0 Å². The fourth-order valence-electron chi connectivity index (χ4n) is 2.47. The van der Waals surface area contributed by atoms with Crippen LogP contribution in [-0.4, -0.2) is 30.4 Å². The van der Waals surface area contributed by atoms with Gasteiger partial charge in [-0.25, -0.2) is 0 Å². The predicted octanol–water partition coefficient (Wildman–Crippen LogP) is 2.01. The smallest absolute Gasteiger partial charge is 0.225 e. The van der Waals surface area contributed by atoms with Gasteiger partial charge in [0.25, 0.3) is 0 Å². The van der Waals surface area contributed by atoms with E-state index in [0.29, 0.717) is 18.4 Å². The van der Waals surface area contributed by atoms with Gasteiger partial charge in [0.05, 0.1) is 0 Å². The maximum atomic E-state index is 12.3. The van der Waals surface area contributed by atoms with E-state index in [2.05, 4.69) is 13.8 Å². The van der Waals surface area contributed by atoms with Crippen molar-refractivity contribution >= 4 is 5.91 Å². The molecule has 1 rings (SSSR count). The summed E-state index contributed by atoms with van der Waals surface area (Å²) < 4.78 is 0. The number of rotatable bonds is 6. The van der Waals surface area contributed by atoms with Crippen molar-refractivity contribution in [3.63, 3.8) is 0 Å². The minimum atomic E-state index is 0.210. The zero-order valence-corrected chi connectivity index (χ0v) is 10.7. The molecule has 1 amide bonds. The molecule has 0 bridgehead atoms. The SMILES string of the molecule is CC(C)CC(CCCN)C(=O)N1CCCC1. The molecule has 0 aliphatic carbocycles. The molecule has 0 aromatic heterocycles. The van der Waals surface area contributed by atoms with Crippen molar-refractivity contribution in [1.82, 2.24) is 4.90 Å². The van der Waals surface area contributed by atoms with Gasteiger partial charge in [0.2, 0.25) is 5.91 Å². The third kappa shape index (κ3) is 4.12. The second-order valence-electron chi connectivity index (χ2n) is 5.29. The molecule has 1 fully saturated rings. The Bertz CT molecular complexity index is 210. The summed E-state index contributed by atoms with van der Waals surface area (Å²) >= 11 is 0. The lowest BCUT2D eigenvalue weighted by Gasteiger charge is -2.24. The summed E-state index contributed by atoms with van der Waals surface area (Å²) in [5.41, 5.74) is 5.54. The molecule has 1 aliphatic heterocycles. The fraction of sp³-hybridized carbons (Fsp3) is 0.923. The lowest BCUT2D eigenvalue weighted by molar-refractivity contribution is -0.135. The van der Waals surface area contributed by atoms with Crippen LogP contribution in [-0.2, 0) is 4.79 Å². The number of likely N-dealkylation sites (tertiary alicyclic amines) is 1. The van der Waals surface area contributed by atoms with Crippen molar-refractivity contribution in [1.29, 1.82) is 0 Å². The lowest BCUT2D eigenvalue weighted by atomic mass is 9.91. The van der Waals surface area contributed by atoms with E-state index in [1.165, 1.54) is 12.8 Å². The molecular formula is C13H26N2O. The highest BCUT2D eigenvalue weighted by Crippen LogP contribution is 2.22. The first-order valence-electron chi connectivity index (χ1n) is 6.64. The second-order valence-corrected chi connectivity index (χ2v) is 5.29. The molecule has 0 saturated carbocycles. The van der Waals surface area contributed by atoms with Crippen molar-refractivity contribution in [2.45, 2.75) is 46.0 Å². The van der Waals surface area contributed by atoms with Gasteiger partial charge in [-0.3, -0.25) is 4.79 Å². The van der Waals surface area contributed by atoms with Crippen LogP contribution in [0.25, 0.3) is 0 Å². The summed E-state index contributed by atoms with van der Waals surface area (Å²) in [4.78, 5) is 14.3. The minimum absolute atomic E-state index is 0.210. The van der Waals surface area contributed by atoms with E-state index in [0.717, 1.165) is 32.4 Å². The quantitative estimate of drug-likeness (QED) is 0.753. The molecule has 16 heavy (non-hydrogen) atoms. The minimum Gasteiger partial charge on any atom is -0.342 e. The summed E-state index contributed by atoms with van der Waals surface area (Å²) in [5.74, 6) is 1.18. The second kappa shape index (κ2) is 6.89. The lowest BCUT2D eigenvalue weighted by Crippen LogP contribution is -2.34. The van der Waals surface area contributed by atoms with Gasteiger partial charge in [0.1, 0.15) is 0 Å². The molecule has 0 spiro atoms. The van der Waals surface area contributed by atoms with Crippen LogP contribution < -0.4 is 5.73 Å². The molecule has 2 N–H and O–H groups in total. The van der Waals surface area contributed by atoms with Crippen LogP contribution in [0.2, 0.25) is 0 Å². The largest absolute Gasteiger partial charge is 0.342 e. The van der Waals surface area contributed by atoms with Crippen molar-refractivity contribution in [3.8, 4) is 0 Å². The topological polar surface area (TPSA) is 46.3 Å². The van der Waals surface area contributed by atoms with Crippen LogP contribution in [0, 0.1) is 11.8 Å². The zero-order chi connectivity index (χ0) is 12.0. The number of nitrogens with two attached hydrogens (primary N) is 1. The van der Waals surface area contributed by atoms with Gasteiger partial charge in [-0.2, -0.15) is 0 Å². The predicted molar refractivity (Wildman–Crippen MR) is 67.0 cm³/mol. The van der Waals surface area contributed by atoms with Gasteiger partial charge in [0, 0.05) is 19.0 Å². The Hall–Kier alpha value is -0.570. The summed E-state index contributed by atoms with van der Waals surface area (Å²) in [5, 5.41) is 0. The van der Waals surface area contributed by atoms with E-state index in [4.69, 9.17) is 5.73 Å². The number of amides is 1. The van der Waals surface area contributed by atoms with Crippen LogP contribution in [0.1, 0.15) is 46.0 Å². The average Bonchev–Trinajstić information content (AvgIpc) is 2.76. The normalized spacial score (nSPS) is 18.1. The highest BCUT2D eigenvalue weighted by Gasteiger charge is 2.26. The number of hydrogen-bond acceptors (Lipinski definition) is 2. The molecule has 3 nitrogen and oxygen atoms in total. The molecule has 0 aromatic carbocycles. The van der Waals surface area contributed by atoms with Crippen LogP contribution in [0.3, 0.4) is 0 Å². The van der Waals surface area contributed by atoms with Gasteiger partial charge in [-0.05, 0) is 44.6 Å². The van der Waals surface area contributed by atoms with E-state index in [9.17, 15) is 4.79 Å². The Morgan fingerprint density at radius 2 is 1.94 bits per heavy atom. The van der Waals surface area contributed by atoms with E-state index in [1.807, 2.05) is 4.90 Å². The highest BCUT2D eigenvalue weighted by atomic mass is 16.2. The maximum absolute atomic E-state index is 12.3. The number of carbonyl (C=O) groups excluding carboxylic acids is 1. The Morgan fingerprint density at radius 1 is 1.31 bits per heavy atom. The highest BCUT2D eigenvalue weighted by molar-refractivity contribution is 5.79. The average molecular weight is 226 g/mol. The van der Waals surface area contributed by atoms with Crippen molar-refractivity contribution in [2.75, 3.05) is 19.6 Å². The third-order valence-corrected chi connectivity index (χ3v) is 3.28. The summed E-state index contributed by atoms with van der Waals surface area (Å²) in [6.45, 7) is 7.01. The van der Waals surface area contributed by atoms with Crippen LogP contribution in [0.15, 0.2) is 0 Å². The maximum Gasteiger partial charge on any atom is 0.225 e. The molecule has 1 saturated heterocycles. The Kier molecular flexibility index (Phi) is 5.81. The van der Waals surface area contributed by atoms with Crippen LogP contribution in [0.5, 0.6) is 0 Å². The first-order chi connectivity index (χ1) is 7.65. The van der Waals surface area contributed by atoms with E-state index < -0.39 is 0 Å². The van der Waals surface area contributed by atoms with Crippen LogP contribution in [0.4, 0.5) is 0 Å². The van der Waals surface area contributed by atoms with Crippen molar-refractivity contribution < 1.29 is 4.79 Å². The molecule has 0 radical (unpaired) electrons. The monoisotopic (exact) mass is 226 g/mol. The first kappa shape index (κ1) is 13.5. The fourth-order valence-corrected chi connectivity index (χ4v) is 2.47. The Labute approximate surface area is 99.4 Å². The van der Waals surface area contributed by atoms with E-state index >= 15 is 0 Å². The summed E-state index contributed by atoms with van der Waals surface area (Å²) in [6.07, 6.45) is 5.30. The number of hydrogen-bond donors (Lipinski definition) is 1. The van der Waals surface area contributed by atoms with Gasteiger partial charge in [0.15, 0.2) is 0 Å². The van der Waals surface area contributed by atoms with E-state index in [-0.39, 0.29) is 5.92 Å². The summed E-state index contributed by atoms with van der Waals surface area (Å²) in [7, 11) is 0. The molecule has 94 valence electrons. The molecule has 1 aliphatic rings. The van der Waals surface area contributed by atoms with Crippen molar-refractivity contribution in [3.05, 3.63) is 0 Å². The number of carbonyl (C=O) groups is 1. The molecular weight excluding hydrogens is 200 g/mol. The first-order valence-corrected chi connectivity index (χ1v) is 6.64. The van der Waals surface area contributed by atoms with Gasteiger partial charge >= 0.3 is 0 Å².